The molecular formula is C23H22ClN3O6. The summed E-state index contributed by atoms with van der Waals surface area (Å²) >= 11 is 6.02. The van der Waals surface area contributed by atoms with Crippen molar-refractivity contribution < 1.29 is 28.6 Å². The summed E-state index contributed by atoms with van der Waals surface area (Å²) in [5, 5.41) is 5.91. The standard InChI is InChI=1S/C23H22ClN3O6/c1-3-32-17-7-5-4-6-14(17)21-20-16(12-33-22(20)29)27(23(30)26-21)11-19(28)25-15-10-13(24)8-9-18(15)31-2/h4-10,21H,3,11-12H2,1-2H3,(H,25,28)(H,26,30)/t21-/m0/s1. The SMILES string of the molecule is CCOc1ccccc1[C@@H]1NC(=O)N(CC(=O)Nc2cc(Cl)ccc2OC)C2=C1C(=O)OC2. The molecule has 3 amide bonds. The predicted octanol–water partition coefficient (Wildman–Crippen LogP) is 3.26. The number of carbonyl (C=O) groups is 3. The van der Waals surface area contributed by atoms with Crippen molar-refractivity contribution in [3.63, 3.8) is 0 Å². The molecular weight excluding hydrogens is 450 g/mol. The average molecular weight is 472 g/mol. The number of rotatable bonds is 7. The van der Waals surface area contributed by atoms with Gasteiger partial charge in [0.1, 0.15) is 24.7 Å². The van der Waals surface area contributed by atoms with E-state index in [-0.39, 0.29) is 18.7 Å². The number of hydrogen-bond acceptors (Lipinski definition) is 6. The van der Waals surface area contributed by atoms with Gasteiger partial charge in [-0.2, -0.15) is 0 Å². The monoisotopic (exact) mass is 471 g/mol. The van der Waals surface area contributed by atoms with Crippen molar-refractivity contribution in [2.75, 3.05) is 32.2 Å². The quantitative estimate of drug-likeness (QED) is 0.600. The highest BCUT2D eigenvalue weighted by Gasteiger charge is 2.43. The van der Waals surface area contributed by atoms with Crippen molar-refractivity contribution in [1.82, 2.24) is 10.2 Å². The summed E-state index contributed by atoms with van der Waals surface area (Å²) in [6.45, 7) is 1.83. The molecule has 2 aromatic carbocycles. The number of hydrogen-bond donors (Lipinski definition) is 2. The third-order valence-corrected chi connectivity index (χ3v) is 5.50. The van der Waals surface area contributed by atoms with Crippen LogP contribution in [0.2, 0.25) is 5.02 Å². The first-order chi connectivity index (χ1) is 15.9. The Hall–Kier alpha value is -3.72. The van der Waals surface area contributed by atoms with Gasteiger partial charge in [0.05, 0.1) is 36.7 Å². The summed E-state index contributed by atoms with van der Waals surface area (Å²) in [5.41, 5.74) is 1.61. The normalized spacial score (nSPS) is 17.3. The van der Waals surface area contributed by atoms with Gasteiger partial charge in [0.25, 0.3) is 0 Å². The molecule has 172 valence electrons. The van der Waals surface area contributed by atoms with Crippen LogP contribution in [0.25, 0.3) is 0 Å². The fraction of sp³-hybridized carbons (Fsp3) is 0.261. The first-order valence-electron chi connectivity index (χ1n) is 10.3. The van der Waals surface area contributed by atoms with E-state index in [2.05, 4.69) is 10.6 Å². The molecule has 2 heterocycles. The Labute approximate surface area is 195 Å². The van der Waals surface area contributed by atoms with Crippen LogP contribution in [0.3, 0.4) is 0 Å². The molecule has 1 atom stereocenters. The van der Waals surface area contributed by atoms with Gasteiger partial charge >= 0.3 is 12.0 Å². The van der Waals surface area contributed by atoms with E-state index in [4.69, 9.17) is 25.8 Å². The lowest BCUT2D eigenvalue weighted by Crippen LogP contribution is -2.49. The number of amides is 3. The van der Waals surface area contributed by atoms with Crippen molar-refractivity contribution in [1.29, 1.82) is 0 Å². The van der Waals surface area contributed by atoms with Crippen LogP contribution in [0.15, 0.2) is 53.7 Å². The number of anilines is 1. The Morgan fingerprint density at radius 1 is 1.24 bits per heavy atom. The van der Waals surface area contributed by atoms with E-state index in [0.717, 1.165) is 0 Å². The van der Waals surface area contributed by atoms with Gasteiger partial charge in [-0.3, -0.25) is 9.69 Å². The second-order valence-electron chi connectivity index (χ2n) is 7.27. The minimum absolute atomic E-state index is 0.108. The molecule has 0 aromatic heterocycles. The molecule has 33 heavy (non-hydrogen) atoms. The summed E-state index contributed by atoms with van der Waals surface area (Å²) in [5.74, 6) is -0.0767. The molecule has 9 nitrogen and oxygen atoms in total. The molecule has 0 aliphatic carbocycles. The van der Waals surface area contributed by atoms with Gasteiger partial charge in [-0.25, -0.2) is 9.59 Å². The number of halogens is 1. The third kappa shape index (κ3) is 4.45. The second-order valence-corrected chi connectivity index (χ2v) is 7.71. The van der Waals surface area contributed by atoms with E-state index in [1.54, 1.807) is 36.4 Å². The number of nitrogens with zero attached hydrogens (tertiary/aromatic N) is 1. The fourth-order valence-corrected chi connectivity index (χ4v) is 4.00. The number of carbonyl (C=O) groups excluding carboxylic acids is 3. The van der Waals surface area contributed by atoms with Crippen LogP contribution in [0, 0.1) is 0 Å². The van der Waals surface area contributed by atoms with Crippen molar-refractivity contribution in [2.24, 2.45) is 0 Å². The molecule has 10 heteroatoms. The Bertz CT molecular complexity index is 1150. The lowest BCUT2D eigenvalue weighted by Gasteiger charge is -2.33. The zero-order valence-corrected chi connectivity index (χ0v) is 18.8. The Balaban J connectivity index is 1.62. The minimum Gasteiger partial charge on any atom is -0.495 e. The summed E-state index contributed by atoms with van der Waals surface area (Å²) in [6, 6.07) is 10.7. The van der Waals surface area contributed by atoms with Crippen LogP contribution in [0.4, 0.5) is 10.5 Å². The van der Waals surface area contributed by atoms with Crippen LogP contribution in [-0.4, -0.2) is 49.7 Å². The zero-order valence-electron chi connectivity index (χ0n) is 18.0. The number of cyclic esters (lactones) is 1. The maximum Gasteiger partial charge on any atom is 0.338 e. The van der Waals surface area contributed by atoms with Gasteiger partial charge < -0.3 is 24.8 Å². The van der Waals surface area contributed by atoms with Gasteiger partial charge in [0.2, 0.25) is 5.91 Å². The number of ether oxygens (including phenoxy) is 3. The van der Waals surface area contributed by atoms with Gasteiger partial charge in [-0.05, 0) is 31.2 Å². The molecule has 0 unspecified atom stereocenters. The van der Waals surface area contributed by atoms with Gasteiger partial charge in [0.15, 0.2) is 0 Å². The summed E-state index contributed by atoms with van der Waals surface area (Å²) in [7, 11) is 1.47. The topological polar surface area (TPSA) is 106 Å². The third-order valence-electron chi connectivity index (χ3n) is 5.27. The van der Waals surface area contributed by atoms with E-state index >= 15 is 0 Å². The van der Waals surface area contributed by atoms with Crippen LogP contribution >= 0.6 is 11.6 Å². The number of esters is 1. The Morgan fingerprint density at radius 2 is 2.03 bits per heavy atom. The smallest absolute Gasteiger partial charge is 0.338 e. The molecule has 4 rings (SSSR count). The first kappa shape index (κ1) is 22.5. The lowest BCUT2D eigenvalue weighted by atomic mass is 9.95. The van der Waals surface area contributed by atoms with Gasteiger partial charge in [-0.15, -0.1) is 0 Å². The molecule has 0 spiro atoms. The molecule has 2 N–H and O–H groups in total. The molecule has 2 aliphatic rings. The van der Waals surface area contributed by atoms with Crippen molar-refractivity contribution in [2.45, 2.75) is 13.0 Å². The van der Waals surface area contributed by atoms with Crippen LogP contribution in [-0.2, 0) is 14.3 Å². The largest absolute Gasteiger partial charge is 0.495 e. The summed E-state index contributed by atoms with van der Waals surface area (Å²) in [6.07, 6.45) is 0. The Morgan fingerprint density at radius 3 is 2.79 bits per heavy atom. The van der Waals surface area contributed by atoms with Crippen LogP contribution in [0.1, 0.15) is 18.5 Å². The summed E-state index contributed by atoms with van der Waals surface area (Å²) < 4.78 is 16.1. The zero-order chi connectivity index (χ0) is 23.5. The maximum atomic E-state index is 13.0. The molecule has 0 fully saturated rings. The van der Waals surface area contributed by atoms with Gasteiger partial charge in [0, 0.05) is 10.6 Å². The first-order valence-corrected chi connectivity index (χ1v) is 10.6. The van der Waals surface area contributed by atoms with Crippen LogP contribution in [0.5, 0.6) is 11.5 Å². The number of benzene rings is 2. The number of methoxy groups -OCH3 is 1. The minimum atomic E-state index is -0.752. The van der Waals surface area contributed by atoms with Crippen molar-refractivity contribution in [3.05, 3.63) is 64.3 Å². The highest BCUT2D eigenvalue weighted by atomic mass is 35.5. The molecule has 0 saturated heterocycles. The van der Waals surface area contributed by atoms with E-state index in [1.807, 2.05) is 13.0 Å². The number of urea groups is 1. The van der Waals surface area contributed by atoms with Crippen molar-refractivity contribution in [3.8, 4) is 11.5 Å². The molecule has 2 aliphatic heterocycles. The maximum absolute atomic E-state index is 13.0. The highest BCUT2D eigenvalue weighted by molar-refractivity contribution is 6.31. The molecule has 0 saturated carbocycles. The van der Waals surface area contributed by atoms with E-state index < -0.39 is 23.9 Å². The summed E-state index contributed by atoms with van der Waals surface area (Å²) in [4.78, 5) is 39.6. The molecule has 0 radical (unpaired) electrons. The van der Waals surface area contributed by atoms with Gasteiger partial charge in [-0.1, -0.05) is 29.8 Å². The number of nitrogens with one attached hydrogen (secondary N) is 2. The molecule has 0 bridgehead atoms. The number of para-hydroxylation sites is 1. The fourth-order valence-electron chi connectivity index (χ4n) is 3.83. The lowest BCUT2D eigenvalue weighted by molar-refractivity contribution is -0.136. The highest BCUT2D eigenvalue weighted by Crippen LogP contribution is 2.38. The van der Waals surface area contributed by atoms with E-state index in [1.165, 1.54) is 12.0 Å². The van der Waals surface area contributed by atoms with E-state index in [9.17, 15) is 14.4 Å². The Kier molecular flexibility index (Phi) is 6.41. The second kappa shape index (κ2) is 9.41. The average Bonchev–Trinajstić information content (AvgIpc) is 3.18. The van der Waals surface area contributed by atoms with Crippen molar-refractivity contribution >= 4 is 35.2 Å². The van der Waals surface area contributed by atoms with E-state index in [0.29, 0.717) is 40.1 Å². The van der Waals surface area contributed by atoms with Crippen LogP contribution < -0.4 is 20.1 Å². The predicted molar refractivity (Wildman–Crippen MR) is 120 cm³/mol. The molecule has 2 aromatic rings.